The average molecular weight is 465 g/mol. The molecule has 1 saturated heterocycles. The number of para-hydroxylation sites is 1. The molecule has 1 amide bonds. The van der Waals surface area contributed by atoms with Crippen LogP contribution in [0.15, 0.2) is 91.0 Å². The first-order valence-corrected chi connectivity index (χ1v) is 12.2. The second-order valence-corrected chi connectivity index (χ2v) is 9.16. The van der Waals surface area contributed by atoms with E-state index in [4.69, 9.17) is 9.47 Å². The summed E-state index contributed by atoms with van der Waals surface area (Å²) in [5, 5.41) is 5.85. The van der Waals surface area contributed by atoms with Gasteiger partial charge in [0.2, 0.25) is 0 Å². The Morgan fingerprint density at radius 3 is 2.57 bits per heavy atom. The number of anilines is 1. The standard InChI is InChI=1S/C30H28N2O3/c33-30-25-14-6-7-15-26(25)31-29(32(30)19-21-9-2-1-3-10-21)28-24-13-5-4-11-22(24)16-17-27(28)35-20-23-12-8-18-34-23/h1-7,9-11,13-17,23,29,31H,8,12,18-20H2. The molecule has 0 aliphatic carbocycles. The molecule has 1 fully saturated rings. The Labute approximate surface area is 205 Å². The van der Waals surface area contributed by atoms with Crippen LogP contribution < -0.4 is 10.1 Å². The smallest absolute Gasteiger partial charge is 0.258 e. The quantitative estimate of drug-likeness (QED) is 0.371. The molecule has 35 heavy (non-hydrogen) atoms. The van der Waals surface area contributed by atoms with Gasteiger partial charge in [0.1, 0.15) is 18.5 Å². The van der Waals surface area contributed by atoms with Gasteiger partial charge in [0.05, 0.1) is 11.7 Å². The van der Waals surface area contributed by atoms with Gasteiger partial charge in [-0.25, -0.2) is 0 Å². The van der Waals surface area contributed by atoms with E-state index in [0.29, 0.717) is 18.7 Å². The number of benzene rings is 4. The number of nitrogens with zero attached hydrogens (tertiary/aromatic N) is 1. The fourth-order valence-electron chi connectivity index (χ4n) is 5.11. The molecule has 4 aromatic rings. The van der Waals surface area contributed by atoms with Crippen molar-refractivity contribution in [3.05, 3.63) is 108 Å². The maximum absolute atomic E-state index is 13.8. The number of ether oxygens (including phenoxy) is 2. The van der Waals surface area contributed by atoms with Crippen molar-refractivity contribution in [3.63, 3.8) is 0 Å². The maximum atomic E-state index is 13.8. The molecule has 5 heteroatoms. The zero-order valence-corrected chi connectivity index (χ0v) is 19.5. The van der Waals surface area contributed by atoms with Crippen LogP contribution in [0.3, 0.4) is 0 Å². The van der Waals surface area contributed by atoms with Crippen molar-refractivity contribution in [2.75, 3.05) is 18.5 Å². The van der Waals surface area contributed by atoms with Gasteiger partial charge in [-0.3, -0.25) is 4.79 Å². The summed E-state index contributed by atoms with van der Waals surface area (Å²) in [4.78, 5) is 15.8. The first kappa shape index (κ1) is 21.7. The normalized spacial score (nSPS) is 19.4. The lowest BCUT2D eigenvalue weighted by Gasteiger charge is -2.39. The number of carbonyl (C=O) groups is 1. The van der Waals surface area contributed by atoms with E-state index in [0.717, 1.165) is 52.8 Å². The summed E-state index contributed by atoms with van der Waals surface area (Å²) in [5.41, 5.74) is 3.57. The first-order chi connectivity index (χ1) is 17.3. The van der Waals surface area contributed by atoms with Crippen LogP contribution in [0.4, 0.5) is 5.69 Å². The molecule has 0 aromatic heterocycles. The molecule has 6 rings (SSSR count). The van der Waals surface area contributed by atoms with Crippen LogP contribution in [0.5, 0.6) is 5.75 Å². The molecular formula is C30H28N2O3. The fourth-order valence-corrected chi connectivity index (χ4v) is 5.11. The molecule has 4 aromatic carbocycles. The minimum Gasteiger partial charge on any atom is -0.490 e. The van der Waals surface area contributed by atoms with Crippen molar-refractivity contribution in [2.24, 2.45) is 0 Å². The first-order valence-electron chi connectivity index (χ1n) is 12.2. The van der Waals surface area contributed by atoms with Gasteiger partial charge in [-0.2, -0.15) is 0 Å². The lowest BCUT2D eigenvalue weighted by atomic mass is 9.97. The van der Waals surface area contributed by atoms with E-state index in [2.05, 4.69) is 35.6 Å². The van der Waals surface area contributed by atoms with Crippen molar-refractivity contribution in [1.29, 1.82) is 0 Å². The molecule has 0 saturated carbocycles. The summed E-state index contributed by atoms with van der Waals surface area (Å²) in [6.45, 7) is 1.78. The molecular weight excluding hydrogens is 436 g/mol. The van der Waals surface area contributed by atoms with Crippen LogP contribution in [0.2, 0.25) is 0 Å². The summed E-state index contributed by atoms with van der Waals surface area (Å²) in [7, 11) is 0. The SMILES string of the molecule is O=C1c2ccccc2NC(c2c(OCC3CCCO3)ccc3ccccc23)N1Cc1ccccc1. The number of fused-ring (bicyclic) bond motifs is 2. The van der Waals surface area contributed by atoms with Crippen molar-refractivity contribution in [2.45, 2.75) is 31.7 Å². The highest BCUT2D eigenvalue weighted by Crippen LogP contribution is 2.41. The highest BCUT2D eigenvalue weighted by atomic mass is 16.5. The fraction of sp³-hybridized carbons (Fsp3) is 0.233. The topological polar surface area (TPSA) is 50.8 Å². The minimum atomic E-state index is -0.386. The Kier molecular flexibility index (Phi) is 5.84. The molecule has 0 spiro atoms. The molecule has 176 valence electrons. The van der Waals surface area contributed by atoms with E-state index >= 15 is 0 Å². The van der Waals surface area contributed by atoms with Crippen molar-refractivity contribution >= 4 is 22.4 Å². The number of hydrogen-bond acceptors (Lipinski definition) is 4. The van der Waals surface area contributed by atoms with Crippen molar-refractivity contribution < 1.29 is 14.3 Å². The summed E-state index contributed by atoms with van der Waals surface area (Å²) in [6, 6.07) is 30.3. The molecule has 0 radical (unpaired) electrons. The second-order valence-electron chi connectivity index (χ2n) is 9.16. The summed E-state index contributed by atoms with van der Waals surface area (Å²) < 4.78 is 12.2. The van der Waals surface area contributed by atoms with Crippen molar-refractivity contribution in [3.8, 4) is 5.75 Å². The highest BCUT2D eigenvalue weighted by Gasteiger charge is 2.35. The van der Waals surface area contributed by atoms with E-state index in [1.165, 1.54) is 0 Å². The van der Waals surface area contributed by atoms with E-state index in [9.17, 15) is 4.79 Å². The van der Waals surface area contributed by atoms with Crippen LogP contribution in [-0.2, 0) is 11.3 Å². The van der Waals surface area contributed by atoms with E-state index in [-0.39, 0.29) is 18.2 Å². The third-order valence-electron chi connectivity index (χ3n) is 6.87. The van der Waals surface area contributed by atoms with E-state index in [1.54, 1.807) is 0 Å². The van der Waals surface area contributed by atoms with E-state index in [1.807, 2.05) is 65.6 Å². The Morgan fingerprint density at radius 2 is 1.71 bits per heavy atom. The predicted molar refractivity (Wildman–Crippen MR) is 138 cm³/mol. The average Bonchev–Trinajstić information content (AvgIpc) is 3.43. The molecule has 2 atom stereocenters. The zero-order valence-electron chi connectivity index (χ0n) is 19.5. The van der Waals surface area contributed by atoms with Gasteiger partial charge in [-0.1, -0.05) is 72.8 Å². The molecule has 0 bridgehead atoms. The number of rotatable bonds is 6. The molecule has 1 N–H and O–H groups in total. The Balaban J connectivity index is 1.47. The third-order valence-corrected chi connectivity index (χ3v) is 6.87. The molecule has 2 unspecified atom stereocenters. The lowest BCUT2D eigenvalue weighted by Crippen LogP contribution is -2.42. The predicted octanol–water partition coefficient (Wildman–Crippen LogP) is 6.16. The molecule has 2 heterocycles. The lowest BCUT2D eigenvalue weighted by molar-refractivity contribution is 0.0628. The Morgan fingerprint density at radius 1 is 0.914 bits per heavy atom. The van der Waals surface area contributed by atoms with Gasteiger partial charge in [-0.15, -0.1) is 0 Å². The van der Waals surface area contributed by atoms with Gasteiger partial charge in [0, 0.05) is 24.4 Å². The Bertz CT molecular complexity index is 1350. The van der Waals surface area contributed by atoms with Crippen LogP contribution in [0, 0.1) is 0 Å². The highest BCUT2D eigenvalue weighted by molar-refractivity contribution is 6.02. The summed E-state index contributed by atoms with van der Waals surface area (Å²) in [5.74, 6) is 0.785. The van der Waals surface area contributed by atoms with Gasteiger partial charge in [-0.05, 0) is 47.4 Å². The van der Waals surface area contributed by atoms with Gasteiger partial charge in [0.25, 0.3) is 5.91 Å². The maximum Gasteiger partial charge on any atom is 0.258 e. The summed E-state index contributed by atoms with van der Waals surface area (Å²) >= 11 is 0. The number of hydrogen-bond donors (Lipinski definition) is 1. The Hall–Kier alpha value is -3.83. The number of nitrogens with one attached hydrogen (secondary N) is 1. The number of amides is 1. The molecule has 2 aliphatic rings. The molecule has 5 nitrogen and oxygen atoms in total. The molecule has 2 aliphatic heterocycles. The monoisotopic (exact) mass is 464 g/mol. The largest absolute Gasteiger partial charge is 0.490 e. The summed E-state index contributed by atoms with van der Waals surface area (Å²) in [6.07, 6.45) is 1.80. The van der Waals surface area contributed by atoms with E-state index < -0.39 is 0 Å². The third kappa shape index (κ3) is 4.24. The van der Waals surface area contributed by atoms with Gasteiger partial charge in [0.15, 0.2) is 0 Å². The van der Waals surface area contributed by atoms with Gasteiger partial charge < -0.3 is 19.7 Å². The van der Waals surface area contributed by atoms with Gasteiger partial charge >= 0.3 is 0 Å². The van der Waals surface area contributed by atoms with Crippen LogP contribution in [0.25, 0.3) is 10.8 Å². The van der Waals surface area contributed by atoms with Crippen LogP contribution >= 0.6 is 0 Å². The minimum absolute atomic E-state index is 0.00575. The number of carbonyl (C=O) groups excluding carboxylic acids is 1. The second kappa shape index (κ2) is 9.43. The van der Waals surface area contributed by atoms with Crippen LogP contribution in [-0.4, -0.2) is 30.1 Å². The van der Waals surface area contributed by atoms with Crippen molar-refractivity contribution in [1.82, 2.24) is 4.90 Å². The zero-order chi connectivity index (χ0) is 23.6. The van der Waals surface area contributed by atoms with Crippen LogP contribution in [0.1, 0.15) is 40.5 Å².